The minimum Gasteiger partial charge on any atom is -0.508 e. The highest BCUT2D eigenvalue weighted by atomic mass is 16.3. The van der Waals surface area contributed by atoms with Gasteiger partial charge in [-0.05, 0) is 41.8 Å². The van der Waals surface area contributed by atoms with Crippen molar-refractivity contribution in [2.24, 2.45) is 0 Å². The van der Waals surface area contributed by atoms with Gasteiger partial charge in [-0.25, -0.2) is 0 Å². The molecule has 2 nitrogen and oxygen atoms in total. The molecule has 76 valence electrons. The summed E-state index contributed by atoms with van der Waals surface area (Å²) < 4.78 is 0. The highest BCUT2D eigenvalue weighted by Crippen LogP contribution is 2.15. The lowest BCUT2D eigenvalue weighted by Crippen LogP contribution is -1.86. The first-order valence-corrected chi connectivity index (χ1v) is 4.80. The number of hydrogen-bond donors (Lipinski definition) is 2. The summed E-state index contributed by atoms with van der Waals surface area (Å²) in [6.07, 6.45) is 0.806. The Kier molecular flexibility index (Phi) is 2.59. The number of hydrogen-bond acceptors (Lipinski definition) is 2. The van der Waals surface area contributed by atoms with Gasteiger partial charge in [0.2, 0.25) is 0 Å². The monoisotopic (exact) mass is 206 g/mol. The standard InChI is InChI=1S/C13H12O2/c14-12-5-1-10(2-6-12)9-11-3-7-13(15)8-4-11/h1-8,14-15H,9H2/i1+1,2+1,5+1,6+1,10+1,12+1. The normalized spacial score (nSPS) is 10.1. The molecule has 0 saturated carbocycles. The summed E-state index contributed by atoms with van der Waals surface area (Å²) in [4.78, 5) is 0. The Bertz CT molecular complexity index is 386. The van der Waals surface area contributed by atoms with Crippen LogP contribution in [0, 0.1) is 0 Å². The Labute approximate surface area is 88.4 Å². The highest BCUT2D eigenvalue weighted by Gasteiger charge is 1.96. The molecule has 2 N–H and O–H groups in total. The first-order chi connectivity index (χ1) is 7.24. The maximum Gasteiger partial charge on any atom is 0.115 e. The summed E-state index contributed by atoms with van der Waals surface area (Å²) in [5.41, 5.74) is 2.27. The SMILES string of the molecule is Oc1ccc(C[13c]2[13cH][13cH][13c](O)[13cH][13cH]2)cc1. The van der Waals surface area contributed by atoms with Gasteiger partial charge in [0, 0.05) is 0 Å². The molecule has 0 aliphatic rings. The van der Waals surface area contributed by atoms with Crippen LogP contribution in [0.2, 0.25) is 0 Å². The fraction of sp³-hybridized carbons (Fsp3) is 0.0769. The van der Waals surface area contributed by atoms with Crippen molar-refractivity contribution in [1.29, 1.82) is 0 Å². The van der Waals surface area contributed by atoms with E-state index in [0.29, 0.717) is 0 Å². The van der Waals surface area contributed by atoms with Crippen LogP contribution in [-0.4, -0.2) is 10.2 Å². The molecule has 0 aliphatic carbocycles. The van der Waals surface area contributed by atoms with Crippen molar-refractivity contribution >= 4 is 0 Å². The molecule has 2 aromatic rings. The van der Waals surface area contributed by atoms with Crippen LogP contribution >= 0.6 is 0 Å². The Morgan fingerprint density at radius 3 is 1.27 bits per heavy atom. The van der Waals surface area contributed by atoms with E-state index in [-0.39, 0.29) is 11.5 Å². The quantitative estimate of drug-likeness (QED) is 0.793. The minimum absolute atomic E-state index is 0.282. The largest absolute Gasteiger partial charge is 0.508 e. The molecule has 0 radical (unpaired) electrons. The van der Waals surface area contributed by atoms with Gasteiger partial charge in [-0.2, -0.15) is 0 Å². The molecule has 2 heteroatoms. The average Bonchev–Trinajstić information content (AvgIpc) is 2.25. The molecule has 0 spiro atoms. The van der Waals surface area contributed by atoms with Crippen molar-refractivity contribution in [2.45, 2.75) is 6.42 Å². The predicted octanol–water partition coefficient (Wildman–Crippen LogP) is 2.69. The van der Waals surface area contributed by atoms with Crippen LogP contribution in [0.15, 0.2) is 48.5 Å². The van der Waals surface area contributed by atoms with Crippen LogP contribution in [0.3, 0.4) is 0 Å². The fourth-order valence-corrected chi connectivity index (χ4v) is 1.46. The van der Waals surface area contributed by atoms with E-state index in [1.165, 1.54) is 0 Å². The van der Waals surface area contributed by atoms with Gasteiger partial charge in [-0.1, -0.05) is 24.3 Å². The summed E-state index contributed by atoms with van der Waals surface area (Å²) in [7, 11) is 0. The van der Waals surface area contributed by atoms with Crippen molar-refractivity contribution < 1.29 is 10.2 Å². The van der Waals surface area contributed by atoms with Gasteiger partial charge in [-0.15, -0.1) is 0 Å². The lowest BCUT2D eigenvalue weighted by molar-refractivity contribution is 0.475. The van der Waals surface area contributed by atoms with E-state index in [1.807, 2.05) is 24.3 Å². The second-order valence-corrected chi connectivity index (χ2v) is 3.51. The van der Waals surface area contributed by atoms with E-state index < -0.39 is 0 Å². The maximum atomic E-state index is 9.13. The third-order valence-corrected chi connectivity index (χ3v) is 2.28. The molecule has 0 unspecified atom stereocenters. The molecule has 2 aromatic carbocycles. The van der Waals surface area contributed by atoms with Crippen molar-refractivity contribution in [3.63, 3.8) is 0 Å². The number of phenolic OH excluding ortho intramolecular Hbond substituents is 2. The molecule has 15 heavy (non-hydrogen) atoms. The topological polar surface area (TPSA) is 40.5 Å². The van der Waals surface area contributed by atoms with Gasteiger partial charge >= 0.3 is 0 Å². The molecule has 0 heterocycles. The Hall–Kier alpha value is -1.96. The van der Waals surface area contributed by atoms with E-state index in [0.717, 1.165) is 17.5 Å². The molecule has 0 fully saturated rings. The lowest BCUT2D eigenvalue weighted by atomic mass is 10.2. The fourth-order valence-electron chi connectivity index (χ4n) is 1.46. The number of benzene rings is 2. The van der Waals surface area contributed by atoms with Crippen LogP contribution < -0.4 is 0 Å². The van der Waals surface area contributed by atoms with Crippen molar-refractivity contribution in [1.82, 2.24) is 0 Å². The van der Waals surface area contributed by atoms with E-state index in [4.69, 9.17) is 10.2 Å². The molecule has 0 atom stereocenters. The molecule has 2 rings (SSSR count). The van der Waals surface area contributed by atoms with Crippen LogP contribution in [0.5, 0.6) is 11.5 Å². The van der Waals surface area contributed by atoms with E-state index in [1.54, 1.807) is 24.3 Å². The second-order valence-electron chi connectivity index (χ2n) is 3.51. The van der Waals surface area contributed by atoms with E-state index >= 15 is 0 Å². The molecular weight excluding hydrogens is 194 g/mol. The Balaban J connectivity index is 2.15. The summed E-state index contributed by atoms with van der Waals surface area (Å²) in [5, 5.41) is 18.3. The van der Waals surface area contributed by atoms with Gasteiger partial charge in [0.25, 0.3) is 0 Å². The van der Waals surface area contributed by atoms with E-state index in [2.05, 4.69) is 0 Å². The summed E-state index contributed by atoms with van der Waals surface area (Å²) in [6, 6.07) is 14.3. The van der Waals surface area contributed by atoms with Crippen molar-refractivity contribution in [3.05, 3.63) is 59.7 Å². The second kappa shape index (κ2) is 4.05. The number of phenols is 2. The van der Waals surface area contributed by atoms with Gasteiger partial charge in [0.1, 0.15) is 11.5 Å². The zero-order chi connectivity index (χ0) is 10.7. The molecule has 0 saturated heterocycles. The van der Waals surface area contributed by atoms with Crippen LogP contribution in [0.4, 0.5) is 0 Å². The smallest absolute Gasteiger partial charge is 0.115 e. The predicted molar refractivity (Wildman–Crippen MR) is 59.0 cm³/mol. The maximum absolute atomic E-state index is 9.13. The number of rotatable bonds is 2. The summed E-state index contributed by atoms with van der Waals surface area (Å²) in [5.74, 6) is 0.564. The van der Waals surface area contributed by atoms with Gasteiger partial charge in [0.15, 0.2) is 0 Å². The van der Waals surface area contributed by atoms with Crippen LogP contribution in [0.25, 0.3) is 0 Å². The molecular formula is C13H12O2. The third-order valence-electron chi connectivity index (χ3n) is 2.28. The van der Waals surface area contributed by atoms with Gasteiger partial charge in [0.05, 0.1) is 0 Å². The minimum atomic E-state index is 0.282. The summed E-state index contributed by atoms with van der Waals surface area (Å²) in [6.45, 7) is 0. The molecule has 0 aromatic heterocycles. The van der Waals surface area contributed by atoms with E-state index in [9.17, 15) is 0 Å². The first kappa shape index (κ1) is 9.59. The summed E-state index contributed by atoms with van der Waals surface area (Å²) >= 11 is 0. The zero-order valence-electron chi connectivity index (χ0n) is 8.22. The molecule has 0 amide bonds. The zero-order valence-corrected chi connectivity index (χ0v) is 8.22. The molecule has 0 bridgehead atoms. The number of aromatic hydroxyl groups is 2. The van der Waals surface area contributed by atoms with Crippen LogP contribution in [0.1, 0.15) is 11.1 Å². The highest BCUT2D eigenvalue weighted by molar-refractivity contribution is 5.32. The lowest BCUT2D eigenvalue weighted by Gasteiger charge is -2.02. The van der Waals surface area contributed by atoms with Gasteiger partial charge in [-0.3, -0.25) is 0 Å². The Morgan fingerprint density at radius 1 is 0.600 bits per heavy atom. The first-order valence-electron chi connectivity index (χ1n) is 4.80. The third kappa shape index (κ3) is 2.50. The van der Waals surface area contributed by atoms with Crippen molar-refractivity contribution in [3.8, 4) is 11.5 Å². The average molecular weight is 206 g/mol. The Morgan fingerprint density at radius 2 is 0.933 bits per heavy atom. The van der Waals surface area contributed by atoms with Gasteiger partial charge < -0.3 is 10.2 Å². The van der Waals surface area contributed by atoms with Crippen LogP contribution in [-0.2, 0) is 6.42 Å². The van der Waals surface area contributed by atoms with Crippen molar-refractivity contribution in [2.75, 3.05) is 0 Å². The molecule has 0 aliphatic heterocycles.